The minimum absolute atomic E-state index is 0.0435. The minimum atomic E-state index is -0.718. The van der Waals surface area contributed by atoms with Crippen LogP contribution in [0.15, 0.2) is 30.1 Å². The van der Waals surface area contributed by atoms with Gasteiger partial charge in [0.25, 0.3) is 11.8 Å². The molecule has 0 fully saturated rings. The van der Waals surface area contributed by atoms with Crippen LogP contribution in [0.3, 0.4) is 0 Å². The maximum Gasteiger partial charge on any atom is 0.258 e. The molecule has 2 bridgehead atoms. The van der Waals surface area contributed by atoms with E-state index in [4.69, 9.17) is 10.5 Å². The molecule has 0 saturated carbocycles. The lowest BCUT2D eigenvalue weighted by Gasteiger charge is -2.24. The molecular formula is C19H18FN7O2. The zero-order valence-corrected chi connectivity index (χ0v) is 15.7. The maximum absolute atomic E-state index is 13.9. The highest BCUT2D eigenvalue weighted by Crippen LogP contribution is 2.31. The van der Waals surface area contributed by atoms with Gasteiger partial charge in [0.1, 0.15) is 18.0 Å². The molecule has 1 unspecified atom stereocenters. The average molecular weight is 395 g/mol. The number of benzene rings is 1. The van der Waals surface area contributed by atoms with Crippen LogP contribution in [-0.2, 0) is 0 Å². The van der Waals surface area contributed by atoms with Gasteiger partial charge < -0.3 is 20.8 Å². The SMILES string of the molecule is C[C@H]1Oc2nc(cnc2N)C2=C(CN(C)C(=O)c3ccc(F)cc31)NNC2C#N. The number of halogens is 1. The van der Waals surface area contributed by atoms with Crippen molar-refractivity contribution in [1.29, 1.82) is 5.26 Å². The van der Waals surface area contributed by atoms with E-state index < -0.39 is 18.0 Å². The van der Waals surface area contributed by atoms with Gasteiger partial charge in [0, 0.05) is 23.7 Å². The van der Waals surface area contributed by atoms with E-state index in [-0.39, 0.29) is 24.1 Å². The van der Waals surface area contributed by atoms with Crippen LogP contribution in [0.25, 0.3) is 5.57 Å². The maximum atomic E-state index is 13.9. The summed E-state index contributed by atoms with van der Waals surface area (Å²) in [6, 6.07) is 5.36. The number of carbonyl (C=O) groups is 1. The van der Waals surface area contributed by atoms with Crippen LogP contribution in [0.5, 0.6) is 5.88 Å². The fourth-order valence-corrected chi connectivity index (χ4v) is 3.41. The van der Waals surface area contributed by atoms with Crippen molar-refractivity contribution in [1.82, 2.24) is 25.7 Å². The summed E-state index contributed by atoms with van der Waals surface area (Å²) in [6.07, 6.45) is 0.729. The van der Waals surface area contributed by atoms with Crippen LogP contribution in [0, 0.1) is 17.1 Å². The Morgan fingerprint density at radius 2 is 2.24 bits per heavy atom. The number of nitriles is 1. The molecule has 4 N–H and O–H groups in total. The second-order valence-electron chi connectivity index (χ2n) is 6.82. The third-order valence-electron chi connectivity index (χ3n) is 4.87. The number of ether oxygens (including phenoxy) is 1. The number of aromatic nitrogens is 2. The normalized spacial score (nSPS) is 21.2. The van der Waals surface area contributed by atoms with Gasteiger partial charge in [-0.25, -0.2) is 19.8 Å². The molecule has 3 heterocycles. The van der Waals surface area contributed by atoms with Gasteiger partial charge in [-0.2, -0.15) is 5.26 Å². The van der Waals surface area contributed by atoms with E-state index in [1.807, 2.05) is 0 Å². The molecule has 0 saturated heterocycles. The smallest absolute Gasteiger partial charge is 0.258 e. The molecule has 0 spiro atoms. The molecule has 10 heteroatoms. The van der Waals surface area contributed by atoms with Crippen LogP contribution in [0.2, 0.25) is 0 Å². The molecule has 2 aromatic rings. The highest BCUT2D eigenvalue weighted by atomic mass is 19.1. The number of hydrogen-bond acceptors (Lipinski definition) is 8. The van der Waals surface area contributed by atoms with Crippen LogP contribution < -0.4 is 21.3 Å². The Morgan fingerprint density at radius 3 is 3.00 bits per heavy atom. The highest BCUT2D eigenvalue weighted by molar-refractivity contribution is 5.96. The molecule has 4 rings (SSSR count). The zero-order valence-electron chi connectivity index (χ0n) is 15.7. The molecule has 29 heavy (non-hydrogen) atoms. The number of nitrogens with two attached hydrogens (primary N) is 1. The lowest BCUT2D eigenvalue weighted by atomic mass is 10.0. The van der Waals surface area contributed by atoms with E-state index in [0.717, 1.165) is 0 Å². The summed E-state index contributed by atoms with van der Waals surface area (Å²) in [7, 11) is 1.62. The number of nitrogen functional groups attached to an aromatic ring is 1. The predicted octanol–water partition coefficient (Wildman–Crippen LogP) is 1.13. The molecule has 9 nitrogen and oxygen atoms in total. The van der Waals surface area contributed by atoms with Crippen molar-refractivity contribution in [2.45, 2.75) is 19.1 Å². The minimum Gasteiger partial charge on any atom is -0.467 e. The van der Waals surface area contributed by atoms with E-state index in [1.165, 1.54) is 29.3 Å². The summed E-state index contributed by atoms with van der Waals surface area (Å²) in [4.78, 5) is 23.1. The second kappa shape index (κ2) is 7.03. The summed E-state index contributed by atoms with van der Waals surface area (Å²) >= 11 is 0. The molecule has 1 amide bonds. The summed E-state index contributed by atoms with van der Waals surface area (Å²) in [5.41, 5.74) is 13.9. The first-order chi connectivity index (χ1) is 13.9. The highest BCUT2D eigenvalue weighted by Gasteiger charge is 2.31. The molecule has 1 aromatic heterocycles. The third-order valence-corrected chi connectivity index (χ3v) is 4.87. The van der Waals surface area contributed by atoms with Gasteiger partial charge in [0.05, 0.1) is 30.2 Å². The topological polar surface area (TPSA) is 129 Å². The fourth-order valence-electron chi connectivity index (χ4n) is 3.41. The van der Waals surface area contributed by atoms with Crippen molar-refractivity contribution < 1.29 is 13.9 Å². The van der Waals surface area contributed by atoms with E-state index >= 15 is 0 Å². The number of carbonyl (C=O) groups excluding carboxylic acids is 1. The van der Waals surface area contributed by atoms with Crippen molar-refractivity contribution in [2.75, 3.05) is 19.3 Å². The largest absolute Gasteiger partial charge is 0.467 e. The Balaban J connectivity index is 1.92. The van der Waals surface area contributed by atoms with Crippen molar-refractivity contribution >= 4 is 17.3 Å². The molecular weight excluding hydrogens is 377 g/mol. The zero-order chi connectivity index (χ0) is 20.7. The molecule has 2 aliphatic heterocycles. The van der Waals surface area contributed by atoms with Gasteiger partial charge in [-0.3, -0.25) is 4.79 Å². The number of likely N-dealkylation sites (N-methyl/N-ethyl adjacent to an activating group) is 1. The summed E-state index contributed by atoms with van der Waals surface area (Å²) in [5.74, 6) is -0.707. The lowest BCUT2D eigenvalue weighted by molar-refractivity contribution is 0.0799. The molecule has 0 aliphatic carbocycles. The second-order valence-corrected chi connectivity index (χ2v) is 6.82. The number of rotatable bonds is 0. The Labute approximate surface area is 166 Å². The lowest BCUT2D eigenvalue weighted by Crippen LogP contribution is -2.36. The Bertz CT molecular complexity index is 1080. The van der Waals surface area contributed by atoms with Crippen LogP contribution in [0.4, 0.5) is 10.2 Å². The summed E-state index contributed by atoms with van der Waals surface area (Å²) in [5, 5.41) is 9.49. The van der Waals surface area contributed by atoms with E-state index in [0.29, 0.717) is 28.1 Å². The van der Waals surface area contributed by atoms with Gasteiger partial charge in [0.15, 0.2) is 5.82 Å². The molecule has 0 radical (unpaired) electrons. The van der Waals surface area contributed by atoms with Crippen molar-refractivity contribution in [2.24, 2.45) is 0 Å². The monoisotopic (exact) mass is 395 g/mol. The first-order valence-corrected chi connectivity index (χ1v) is 8.87. The van der Waals surface area contributed by atoms with E-state index in [2.05, 4.69) is 26.9 Å². The van der Waals surface area contributed by atoms with Crippen LogP contribution in [-0.4, -0.2) is 40.4 Å². The number of hydrogen-bond donors (Lipinski definition) is 3. The van der Waals surface area contributed by atoms with Crippen molar-refractivity contribution in [3.8, 4) is 11.9 Å². The quantitative estimate of drug-likeness (QED) is 0.605. The van der Waals surface area contributed by atoms with Crippen LogP contribution >= 0.6 is 0 Å². The molecule has 148 valence electrons. The van der Waals surface area contributed by atoms with Gasteiger partial charge in [-0.1, -0.05) is 0 Å². The number of hydrazine groups is 1. The fraction of sp³-hybridized carbons (Fsp3) is 0.263. The number of fused-ring (bicyclic) bond motifs is 4. The number of nitrogens with zero attached hydrogens (tertiary/aromatic N) is 4. The van der Waals surface area contributed by atoms with Crippen LogP contribution in [0.1, 0.15) is 34.6 Å². The number of nitrogens with one attached hydrogen (secondary N) is 2. The van der Waals surface area contributed by atoms with Crippen molar-refractivity contribution in [3.05, 3.63) is 52.7 Å². The number of anilines is 1. The molecule has 2 atom stereocenters. The van der Waals surface area contributed by atoms with E-state index in [9.17, 15) is 14.4 Å². The first-order valence-electron chi connectivity index (χ1n) is 8.87. The third kappa shape index (κ3) is 3.21. The summed E-state index contributed by atoms with van der Waals surface area (Å²) < 4.78 is 19.8. The van der Waals surface area contributed by atoms with Gasteiger partial charge in [0.2, 0.25) is 0 Å². The van der Waals surface area contributed by atoms with E-state index in [1.54, 1.807) is 14.0 Å². The predicted molar refractivity (Wildman–Crippen MR) is 101 cm³/mol. The molecule has 1 aromatic carbocycles. The van der Waals surface area contributed by atoms with Gasteiger partial charge in [-0.05, 0) is 25.1 Å². The standard InChI is InChI=1S/C19H18FN7O2/c1-9-12-5-10(20)3-4-11(12)19(28)27(2)8-15-16(13(6-21)25-26-15)14-7-23-17(22)18(24-14)29-9/h3-5,7,9,13,25-26H,8H2,1-2H3,(H2,22,23)/t9-,13?/m1/s1. The first kappa shape index (κ1) is 18.6. The Morgan fingerprint density at radius 1 is 1.45 bits per heavy atom. The van der Waals surface area contributed by atoms with Crippen molar-refractivity contribution in [3.63, 3.8) is 0 Å². The van der Waals surface area contributed by atoms with Gasteiger partial charge in [-0.15, -0.1) is 0 Å². The van der Waals surface area contributed by atoms with Gasteiger partial charge >= 0.3 is 0 Å². The Kier molecular flexibility index (Phi) is 4.52. The summed E-state index contributed by atoms with van der Waals surface area (Å²) in [6.45, 7) is 1.85. The molecule has 2 aliphatic rings. The number of amides is 1. The average Bonchev–Trinajstić information content (AvgIpc) is 3.10. The Hall–Kier alpha value is -3.71.